The topological polar surface area (TPSA) is 55.6 Å². The fourth-order valence-corrected chi connectivity index (χ4v) is 3.95. The van der Waals surface area contributed by atoms with Crippen LogP contribution in [-0.2, 0) is 7.05 Å². The van der Waals surface area contributed by atoms with Gasteiger partial charge in [0, 0.05) is 18.3 Å². The predicted molar refractivity (Wildman–Crippen MR) is 68.9 cm³/mol. The number of tetrazole rings is 1. The number of hydrogen-bond acceptors (Lipinski definition) is 5. The van der Waals surface area contributed by atoms with Gasteiger partial charge in [0.05, 0.1) is 0 Å². The second kappa shape index (κ2) is 4.94. The summed E-state index contributed by atoms with van der Waals surface area (Å²) < 4.78 is 1.75. The van der Waals surface area contributed by atoms with E-state index in [0.717, 1.165) is 5.16 Å². The molecule has 2 atom stereocenters. The van der Waals surface area contributed by atoms with Crippen LogP contribution in [0.4, 0.5) is 0 Å². The Morgan fingerprint density at radius 3 is 2.82 bits per heavy atom. The van der Waals surface area contributed by atoms with Crippen LogP contribution in [0.25, 0.3) is 0 Å². The van der Waals surface area contributed by atoms with E-state index in [-0.39, 0.29) is 0 Å². The Balaban J connectivity index is 2.08. The molecule has 96 valence electrons. The van der Waals surface area contributed by atoms with E-state index in [9.17, 15) is 0 Å². The molecule has 0 radical (unpaired) electrons. The summed E-state index contributed by atoms with van der Waals surface area (Å²) in [5, 5.41) is 16.5. The lowest BCUT2D eigenvalue weighted by atomic mass is 9.75. The number of aryl methyl sites for hydroxylation is 1. The van der Waals surface area contributed by atoms with E-state index in [1.807, 2.05) is 14.1 Å². The molecule has 17 heavy (non-hydrogen) atoms. The van der Waals surface area contributed by atoms with Crippen LogP contribution in [0.15, 0.2) is 5.16 Å². The molecular weight excluding hydrogens is 234 g/mol. The normalized spacial score (nSPS) is 28.2. The van der Waals surface area contributed by atoms with Gasteiger partial charge in [-0.1, -0.05) is 25.6 Å². The minimum Gasteiger partial charge on any atom is -0.316 e. The zero-order valence-electron chi connectivity index (χ0n) is 11.0. The van der Waals surface area contributed by atoms with Crippen molar-refractivity contribution in [2.75, 3.05) is 7.05 Å². The number of nitrogens with one attached hydrogen (secondary N) is 1. The molecule has 1 aromatic rings. The van der Waals surface area contributed by atoms with E-state index in [1.54, 1.807) is 16.4 Å². The monoisotopic (exact) mass is 255 g/mol. The van der Waals surface area contributed by atoms with Gasteiger partial charge in [-0.05, 0) is 42.2 Å². The lowest BCUT2D eigenvalue weighted by molar-refractivity contribution is 0.218. The standard InChI is InChI=1S/C11H21N5S/c1-11(2)6-5-8(12-3)9(7-11)17-10-13-14-15-16(10)4/h8-9,12H,5-7H2,1-4H3. The van der Waals surface area contributed by atoms with Crippen molar-refractivity contribution in [3.8, 4) is 0 Å². The summed E-state index contributed by atoms with van der Waals surface area (Å²) >= 11 is 1.80. The summed E-state index contributed by atoms with van der Waals surface area (Å²) in [6, 6.07) is 0.560. The molecule has 0 bridgehead atoms. The van der Waals surface area contributed by atoms with Crippen LogP contribution in [0.3, 0.4) is 0 Å². The van der Waals surface area contributed by atoms with Crippen LogP contribution in [0.1, 0.15) is 33.1 Å². The number of hydrogen-bond donors (Lipinski definition) is 1. The van der Waals surface area contributed by atoms with Crippen molar-refractivity contribution in [2.24, 2.45) is 12.5 Å². The van der Waals surface area contributed by atoms with Gasteiger partial charge in [0.25, 0.3) is 0 Å². The van der Waals surface area contributed by atoms with Crippen molar-refractivity contribution >= 4 is 11.8 Å². The van der Waals surface area contributed by atoms with Crippen LogP contribution in [0, 0.1) is 5.41 Å². The summed E-state index contributed by atoms with van der Waals surface area (Å²) in [7, 11) is 3.94. The van der Waals surface area contributed by atoms with Crippen LogP contribution < -0.4 is 5.32 Å². The Morgan fingerprint density at radius 1 is 1.47 bits per heavy atom. The van der Waals surface area contributed by atoms with E-state index in [0.29, 0.717) is 16.7 Å². The van der Waals surface area contributed by atoms with Gasteiger partial charge in [0.15, 0.2) is 0 Å². The van der Waals surface area contributed by atoms with Gasteiger partial charge in [-0.2, -0.15) is 0 Å². The molecule has 2 unspecified atom stereocenters. The molecule has 0 aromatic carbocycles. The first kappa shape index (κ1) is 12.8. The van der Waals surface area contributed by atoms with E-state index < -0.39 is 0 Å². The van der Waals surface area contributed by atoms with Crippen molar-refractivity contribution in [1.82, 2.24) is 25.5 Å². The van der Waals surface area contributed by atoms with Crippen LogP contribution in [-0.4, -0.2) is 38.5 Å². The summed E-state index contributed by atoms with van der Waals surface area (Å²) in [6.45, 7) is 4.70. The molecule has 1 fully saturated rings. The maximum Gasteiger partial charge on any atom is 0.209 e. The van der Waals surface area contributed by atoms with Gasteiger partial charge in [0.2, 0.25) is 5.16 Å². The van der Waals surface area contributed by atoms with E-state index in [2.05, 4.69) is 34.7 Å². The molecule has 1 aromatic heterocycles. The van der Waals surface area contributed by atoms with Crippen LogP contribution >= 0.6 is 11.8 Å². The summed E-state index contributed by atoms with van der Waals surface area (Å²) in [4.78, 5) is 0. The van der Waals surface area contributed by atoms with Gasteiger partial charge in [0.1, 0.15) is 0 Å². The molecule has 2 rings (SSSR count). The Morgan fingerprint density at radius 2 is 2.24 bits per heavy atom. The third-order valence-electron chi connectivity index (χ3n) is 3.54. The highest BCUT2D eigenvalue weighted by Gasteiger charge is 2.35. The van der Waals surface area contributed by atoms with Crippen molar-refractivity contribution in [3.05, 3.63) is 0 Å². The minimum atomic E-state index is 0.428. The smallest absolute Gasteiger partial charge is 0.209 e. The molecule has 1 saturated carbocycles. The fourth-order valence-electron chi connectivity index (χ4n) is 2.43. The maximum absolute atomic E-state index is 4.06. The summed E-state index contributed by atoms with van der Waals surface area (Å²) in [6.07, 6.45) is 3.72. The quantitative estimate of drug-likeness (QED) is 0.886. The first-order valence-electron chi connectivity index (χ1n) is 6.08. The number of rotatable bonds is 3. The number of aromatic nitrogens is 4. The zero-order chi connectivity index (χ0) is 12.5. The van der Waals surface area contributed by atoms with Crippen molar-refractivity contribution in [1.29, 1.82) is 0 Å². The van der Waals surface area contributed by atoms with Gasteiger partial charge >= 0.3 is 0 Å². The highest BCUT2D eigenvalue weighted by atomic mass is 32.2. The average molecular weight is 255 g/mol. The Hall–Kier alpha value is -0.620. The zero-order valence-corrected chi connectivity index (χ0v) is 11.8. The molecule has 0 saturated heterocycles. The highest BCUT2D eigenvalue weighted by molar-refractivity contribution is 7.99. The van der Waals surface area contributed by atoms with Gasteiger partial charge in [-0.25, -0.2) is 4.68 Å². The molecule has 5 nitrogen and oxygen atoms in total. The van der Waals surface area contributed by atoms with Gasteiger partial charge < -0.3 is 5.32 Å². The Labute approximate surface area is 107 Å². The lowest BCUT2D eigenvalue weighted by Crippen LogP contribution is -2.43. The van der Waals surface area contributed by atoms with Crippen molar-refractivity contribution in [3.63, 3.8) is 0 Å². The maximum atomic E-state index is 4.06. The molecule has 6 heteroatoms. The third-order valence-corrected chi connectivity index (χ3v) is 4.90. The molecule has 1 N–H and O–H groups in total. The fraction of sp³-hybridized carbons (Fsp3) is 0.909. The highest BCUT2D eigenvalue weighted by Crippen LogP contribution is 2.41. The van der Waals surface area contributed by atoms with E-state index in [4.69, 9.17) is 0 Å². The van der Waals surface area contributed by atoms with Crippen LogP contribution in [0.5, 0.6) is 0 Å². The van der Waals surface area contributed by atoms with Crippen LogP contribution in [0.2, 0.25) is 0 Å². The number of thioether (sulfide) groups is 1. The predicted octanol–water partition coefficient (Wildman–Crippen LogP) is 1.47. The third kappa shape index (κ3) is 2.98. The van der Waals surface area contributed by atoms with Gasteiger partial charge in [-0.3, -0.25) is 0 Å². The largest absolute Gasteiger partial charge is 0.316 e. The molecule has 0 aliphatic heterocycles. The van der Waals surface area contributed by atoms with Crippen molar-refractivity contribution in [2.45, 2.75) is 49.6 Å². The molecule has 0 spiro atoms. The minimum absolute atomic E-state index is 0.428. The Bertz CT molecular complexity index is 376. The number of nitrogens with zero attached hydrogens (tertiary/aromatic N) is 4. The first-order valence-corrected chi connectivity index (χ1v) is 6.96. The van der Waals surface area contributed by atoms with E-state index in [1.165, 1.54) is 19.3 Å². The van der Waals surface area contributed by atoms with Gasteiger partial charge in [-0.15, -0.1) is 5.10 Å². The molecule has 1 aliphatic carbocycles. The first-order chi connectivity index (χ1) is 8.02. The van der Waals surface area contributed by atoms with Crippen molar-refractivity contribution < 1.29 is 0 Å². The second-order valence-electron chi connectivity index (χ2n) is 5.54. The molecule has 1 aliphatic rings. The Kier molecular flexibility index (Phi) is 3.73. The van der Waals surface area contributed by atoms with E-state index >= 15 is 0 Å². The average Bonchev–Trinajstić information content (AvgIpc) is 2.64. The second-order valence-corrected chi connectivity index (χ2v) is 6.75. The lowest BCUT2D eigenvalue weighted by Gasteiger charge is -2.40. The molecular formula is C11H21N5S. The summed E-state index contributed by atoms with van der Waals surface area (Å²) in [5.74, 6) is 0. The molecule has 0 amide bonds. The summed E-state index contributed by atoms with van der Waals surface area (Å²) in [5.41, 5.74) is 0.428. The SMILES string of the molecule is CNC1CCC(C)(C)CC1Sc1nnnn1C. The molecule has 1 heterocycles.